The van der Waals surface area contributed by atoms with Crippen molar-refractivity contribution in [2.24, 2.45) is 0 Å². The molecule has 496 valence electrons. The number of quaternary nitrogens is 1. The summed E-state index contributed by atoms with van der Waals surface area (Å²) in [6.07, 6.45) is 94.4. The van der Waals surface area contributed by atoms with Crippen molar-refractivity contribution in [2.45, 2.75) is 353 Å². The van der Waals surface area contributed by atoms with Crippen LogP contribution in [0.25, 0.3) is 0 Å². The van der Waals surface area contributed by atoms with E-state index in [1.165, 1.54) is 250 Å². The maximum atomic E-state index is 13.0. The van der Waals surface area contributed by atoms with E-state index in [0.29, 0.717) is 17.4 Å². The molecule has 0 bridgehead atoms. The van der Waals surface area contributed by atoms with Crippen LogP contribution < -0.4 is 10.2 Å². The van der Waals surface area contributed by atoms with Crippen LogP contribution >= 0.6 is 7.82 Å². The molecular formula is C76H141N2O6P. The number of carbonyl (C=O) groups excluding carboxylic acids is 1. The predicted octanol–water partition coefficient (Wildman–Crippen LogP) is 22.9. The number of aliphatic hydroxyl groups excluding tert-OH is 1. The quantitative estimate of drug-likeness (QED) is 0.0272. The molecule has 85 heavy (non-hydrogen) atoms. The fourth-order valence-corrected chi connectivity index (χ4v) is 11.4. The first-order valence-electron chi connectivity index (χ1n) is 36.4. The van der Waals surface area contributed by atoms with E-state index in [2.05, 4.69) is 92.1 Å². The highest BCUT2D eigenvalue weighted by Crippen LogP contribution is 2.38. The van der Waals surface area contributed by atoms with Gasteiger partial charge < -0.3 is 28.8 Å². The summed E-state index contributed by atoms with van der Waals surface area (Å²) in [5.41, 5.74) is 0. The maximum Gasteiger partial charge on any atom is 0.268 e. The van der Waals surface area contributed by atoms with Gasteiger partial charge >= 0.3 is 0 Å². The van der Waals surface area contributed by atoms with E-state index in [0.717, 1.165) is 70.6 Å². The van der Waals surface area contributed by atoms with Gasteiger partial charge in [-0.15, -0.1) is 0 Å². The van der Waals surface area contributed by atoms with Crippen LogP contribution in [0.5, 0.6) is 0 Å². The Balaban J connectivity index is 4.04. The van der Waals surface area contributed by atoms with Crippen molar-refractivity contribution in [3.63, 3.8) is 0 Å². The molecule has 0 radical (unpaired) electrons. The highest BCUT2D eigenvalue weighted by atomic mass is 31.2. The Kier molecular flexibility index (Phi) is 64.3. The zero-order chi connectivity index (χ0) is 61.9. The molecule has 0 saturated heterocycles. The minimum atomic E-state index is -4.62. The Morgan fingerprint density at radius 3 is 1.09 bits per heavy atom. The maximum absolute atomic E-state index is 13.0. The number of hydrogen-bond donors (Lipinski definition) is 2. The van der Waals surface area contributed by atoms with E-state index in [4.69, 9.17) is 9.05 Å². The summed E-state index contributed by atoms with van der Waals surface area (Å²) in [6, 6.07) is -0.913. The summed E-state index contributed by atoms with van der Waals surface area (Å²) in [5.74, 6) is -0.207. The van der Waals surface area contributed by atoms with Gasteiger partial charge in [0.15, 0.2) is 0 Å². The standard InChI is InChI=1S/C76H141N2O6P/c1-6-8-10-12-14-16-18-20-22-24-26-28-30-32-34-35-36-37-38-39-40-41-42-43-44-46-48-50-52-54-56-58-60-62-64-66-68-70-76(80)77-74(73-84-85(81,82)83-72-71-78(3,4)5)75(79)69-67-65-63-61-59-57-55-53-51-49-47-45-33-31-29-27-25-23-21-19-17-15-13-11-9-7-2/h8,10,14,16,20,22,26,28,51,53,59,61,67,69,74-75,79H,6-7,9,11-13,15,17-19,21,23-25,27,29-50,52,54-58,60,62-66,68,70-73H2,1-5H3,(H-,77,80,81,82)/b10-8-,16-14-,22-20-,28-26-,53-51+,61-59+,69-67+. The first-order valence-corrected chi connectivity index (χ1v) is 37.9. The number of phosphoric ester groups is 1. The van der Waals surface area contributed by atoms with Gasteiger partial charge in [0.2, 0.25) is 5.91 Å². The second kappa shape index (κ2) is 66.1. The van der Waals surface area contributed by atoms with Crippen molar-refractivity contribution in [1.82, 2.24) is 5.32 Å². The second-order valence-corrected chi connectivity index (χ2v) is 27.3. The molecule has 3 atom stereocenters. The third-order valence-electron chi connectivity index (χ3n) is 16.3. The highest BCUT2D eigenvalue weighted by Gasteiger charge is 2.23. The fraction of sp³-hybridized carbons (Fsp3) is 0.803. The monoisotopic (exact) mass is 1210 g/mol. The van der Waals surface area contributed by atoms with Crippen molar-refractivity contribution in [2.75, 3.05) is 40.9 Å². The number of phosphoric acid groups is 1. The molecular weight excluding hydrogens is 1070 g/mol. The first-order chi connectivity index (χ1) is 41.5. The number of unbranched alkanes of at least 4 members (excludes halogenated alkanes) is 42. The Bertz CT molecular complexity index is 1660. The van der Waals surface area contributed by atoms with Crippen LogP contribution in [0.4, 0.5) is 0 Å². The van der Waals surface area contributed by atoms with Crippen molar-refractivity contribution >= 4 is 13.7 Å². The fourth-order valence-electron chi connectivity index (χ4n) is 10.7. The summed E-state index contributed by atoms with van der Waals surface area (Å²) in [4.78, 5) is 25.6. The van der Waals surface area contributed by atoms with Crippen LogP contribution in [0.1, 0.15) is 341 Å². The van der Waals surface area contributed by atoms with Gasteiger partial charge in [-0.25, -0.2) is 0 Å². The summed E-state index contributed by atoms with van der Waals surface area (Å²) in [7, 11) is 1.24. The smallest absolute Gasteiger partial charge is 0.268 e. The molecule has 0 spiro atoms. The molecule has 9 heteroatoms. The van der Waals surface area contributed by atoms with Crippen LogP contribution in [0.3, 0.4) is 0 Å². The number of allylic oxidation sites excluding steroid dienone is 13. The number of nitrogens with zero attached hydrogens (tertiary/aromatic N) is 1. The molecule has 3 unspecified atom stereocenters. The molecule has 0 fully saturated rings. The van der Waals surface area contributed by atoms with E-state index in [1.807, 2.05) is 27.2 Å². The average Bonchev–Trinajstić information content (AvgIpc) is 3.49. The molecule has 1 amide bonds. The van der Waals surface area contributed by atoms with E-state index >= 15 is 0 Å². The summed E-state index contributed by atoms with van der Waals surface area (Å²) >= 11 is 0. The number of carbonyl (C=O) groups is 1. The molecule has 0 aromatic rings. The molecule has 0 aliphatic heterocycles. The molecule has 0 aromatic heterocycles. The van der Waals surface area contributed by atoms with Crippen molar-refractivity contribution in [3.8, 4) is 0 Å². The topological polar surface area (TPSA) is 108 Å². The van der Waals surface area contributed by atoms with Gasteiger partial charge in [0.1, 0.15) is 13.2 Å². The first kappa shape index (κ1) is 82.7. The lowest BCUT2D eigenvalue weighted by Crippen LogP contribution is -2.45. The van der Waals surface area contributed by atoms with Crippen molar-refractivity contribution in [3.05, 3.63) is 85.1 Å². The number of nitrogens with one attached hydrogen (secondary N) is 1. The third kappa shape index (κ3) is 69.0. The van der Waals surface area contributed by atoms with Crippen LogP contribution in [0, 0.1) is 0 Å². The molecule has 0 aliphatic carbocycles. The minimum absolute atomic E-state index is 0.00957. The Labute approximate surface area is 528 Å². The van der Waals surface area contributed by atoms with Crippen molar-refractivity contribution in [1.29, 1.82) is 0 Å². The lowest BCUT2D eigenvalue weighted by Gasteiger charge is -2.29. The Hall–Kier alpha value is -2.32. The zero-order valence-electron chi connectivity index (χ0n) is 56.8. The number of rotatable bonds is 67. The van der Waals surface area contributed by atoms with Crippen LogP contribution in [-0.2, 0) is 18.4 Å². The summed E-state index contributed by atoms with van der Waals surface area (Å²) < 4.78 is 23.4. The number of likely N-dealkylation sites (N-methyl/N-ethyl adjacent to an activating group) is 1. The predicted molar refractivity (Wildman–Crippen MR) is 371 cm³/mol. The average molecular weight is 1210 g/mol. The van der Waals surface area contributed by atoms with Gasteiger partial charge in [-0.1, -0.05) is 336 Å². The van der Waals surface area contributed by atoms with Gasteiger partial charge in [-0.3, -0.25) is 9.36 Å². The highest BCUT2D eigenvalue weighted by molar-refractivity contribution is 7.45. The summed E-state index contributed by atoms with van der Waals surface area (Å²) in [6.45, 7) is 4.55. The minimum Gasteiger partial charge on any atom is -0.756 e. The van der Waals surface area contributed by atoms with Gasteiger partial charge in [0.25, 0.3) is 7.82 Å². The van der Waals surface area contributed by atoms with Crippen LogP contribution in [0.15, 0.2) is 85.1 Å². The molecule has 0 aliphatic rings. The van der Waals surface area contributed by atoms with E-state index < -0.39 is 26.6 Å². The molecule has 8 nitrogen and oxygen atoms in total. The number of amides is 1. The molecule has 2 N–H and O–H groups in total. The largest absolute Gasteiger partial charge is 0.756 e. The molecule has 0 heterocycles. The van der Waals surface area contributed by atoms with Crippen LogP contribution in [0.2, 0.25) is 0 Å². The lowest BCUT2D eigenvalue weighted by atomic mass is 10.0. The Morgan fingerprint density at radius 2 is 0.729 bits per heavy atom. The van der Waals surface area contributed by atoms with E-state index in [-0.39, 0.29) is 12.5 Å². The molecule has 0 saturated carbocycles. The zero-order valence-corrected chi connectivity index (χ0v) is 57.7. The Morgan fingerprint density at radius 1 is 0.424 bits per heavy atom. The van der Waals surface area contributed by atoms with E-state index in [1.54, 1.807) is 6.08 Å². The molecule has 0 aromatic carbocycles. The summed E-state index contributed by atoms with van der Waals surface area (Å²) in [5, 5.41) is 13.9. The van der Waals surface area contributed by atoms with Gasteiger partial charge in [0.05, 0.1) is 39.9 Å². The third-order valence-corrected chi connectivity index (χ3v) is 17.3. The lowest BCUT2D eigenvalue weighted by molar-refractivity contribution is -0.870. The molecule has 0 rings (SSSR count). The van der Waals surface area contributed by atoms with Crippen molar-refractivity contribution < 1.29 is 32.9 Å². The van der Waals surface area contributed by atoms with Gasteiger partial charge in [-0.05, 0) is 83.5 Å². The van der Waals surface area contributed by atoms with E-state index in [9.17, 15) is 19.4 Å². The number of aliphatic hydroxyl groups is 1. The number of hydrogen-bond acceptors (Lipinski definition) is 6. The second-order valence-electron chi connectivity index (χ2n) is 25.9. The normalized spacial score (nSPS) is 14.1. The van der Waals surface area contributed by atoms with Gasteiger partial charge in [-0.2, -0.15) is 0 Å². The SMILES string of the molecule is CC/C=C\C/C=C\C/C=C\C/C=C\CCCCCCCCCCCCCCCCCCCCCCCCCCC(=O)NC(COP(=O)([O-])OCC[N+](C)(C)C)C(O)/C=C/CC/C=C/CC/C=C/CCCCCCCCCCCCCCCCCC. The van der Waals surface area contributed by atoms with Crippen LogP contribution in [-0.4, -0.2) is 68.5 Å². The van der Waals surface area contributed by atoms with Gasteiger partial charge in [0, 0.05) is 6.42 Å².